The van der Waals surface area contributed by atoms with Crippen molar-refractivity contribution in [3.63, 3.8) is 0 Å². The molecule has 0 bridgehead atoms. The minimum absolute atomic E-state index is 0.0486. The Morgan fingerprint density at radius 1 is 0.808 bits per heavy atom. The number of hydrogen-bond acceptors (Lipinski definition) is 3. The summed E-state index contributed by atoms with van der Waals surface area (Å²) in [6.45, 7) is 8.24. The van der Waals surface area contributed by atoms with E-state index in [0.717, 1.165) is 28.0 Å². The maximum Gasteiger partial charge on any atom is 0.269 e. The van der Waals surface area contributed by atoms with E-state index >= 15 is 0 Å². The molecule has 3 rings (SSSR count). The number of hydrogen-bond donors (Lipinski definition) is 0. The Balaban J connectivity index is 2.07. The monoisotopic (exact) mass is 347 g/mol. The van der Waals surface area contributed by atoms with Gasteiger partial charge in [-0.3, -0.25) is 10.1 Å². The Morgan fingerprint density at radius 2 is 1.38 bits per heavy atom. The summed E-state index contributed by atoms with van der Waals surface area (Å²) in [6, 6.07) is 16.8. The number of nitro groups is 1. The fourth-order valence-electron chi connectivity index (χ4n) is 3.19. The molecule has 0 heterocycles. The summed E-state index contributed by atoms with van der Waals surface area (Å²) in [5, 5.41) is 10.8. The van der Waals surface area contributed by atoms with Crippen molar-refractivity contribution < 1.29 is 9.66 Å². The number of nitro benzene ring substituents is 1. The van der Waals surface area contributed by atoms with E-state index in [9.17, 15) is 10.1 Å². The number of nitrogens with zero attached hydrogens (tertiary/aromatic N) is 1. The van der Waals surface area contributed by atoms with Crippen LogP contribution in [0, 0.1) is 37.8 Å². The quantitative estimate of drug-likeness (QED) is 0.412. The molecule has 132 valence electrons. The molecule has 0 unspecified atom stereocenters. The predicted molar refractivity (Wildman–Crippen MR) is 104 cm³/mol. The van der Waals surface area contributed by atoms with Crippen LogP contribution in [0.25, 0.3) is 11.1 Å². The van der Waals surface area contributed by atoms with E-state index in [1.54, 1.807) is 12.1 Å². The first-order valence-corrected chi connectivity index (χ1v) is 8.46. The minimum Gasteiger partial charge on any atom is -0.456 e. The molecule has 0 amide bonds. The van der Waals surface area contributed by atoms with Crippen molar-refractivity contribution in [2.45, 2.75) is 27.7 Å². The third-order valence-electron chi connectivity index (χ3n) is 4.22. The third-order valence-corrected chi connectivity index (χ3v) is 4.22. The molecule has 0 saturated carbocycles. The molecule has 0 aliphatic carbocycles. The molecule has 3 aromatic carbocycles. The van der Waals surface area contributed by atoms with Crippen LogP contribution in [0.15, 0.2) is 54.6 Å². The molecule has 3 aromatic rings. The Kier molecular flexibility index (Phi) is 4.76. The standard InChI is InChI=1S/C22H21NO3/c1-14-9-15(2)12-18(11-14)21-13-16(3)10-17(4)22(21)26-20-7-5-19(6-8-20)23(24)25/h5-13H,1-4H3. The SMILES string of the molecule is Cc1cc(C)cc(-c2cc(C)cc(C)c2Oc2ccc([N+](=O)[O-])cc2)c1. The maximum atomic E-state index is 10.8. The summed E-state index contributed by atoms with van der Waals surface area (Å²) >= 11 is 0. The van der Waals surface area contributed by atoms with Crippen molar-refractivity contribution in [1.29, 1.82) is 0 Å². The van der Waals surface area contributed by atoms with Crippen molar-refractivity contribution in [3.05, 3.63) is 87.0 Å². The van der Waals surface area contributed by atoms with Crippen LogP contribution < -0.4 is 4.74 Å². The number of ether oxygens (including phenoxy) is 1. The lowest BCUT2D eigenvalue weighted by molar-refractivity contribution is -0.384. The number of non-ortho nitro benzene ring substituents is 1. The Labute approximate surface area is 153 Å². The summed E-state index contributed by atoms with van der Waals surface area (Å²) < 4.78 is 6.14. The molecule has 4 nitrogen and oxygen atoms in total. The smallest absolute Gasteiger partial charge is 0.269 e. The van der Waals surface area contributed by atoms with Crippen LogP contribution >= 0.6 is 0 Å². The summed E-state index contributed by atoms with van der Waals surface area (Å²) in [7, 11) is 0. The first-order valence-electron chi connectivity index (χ1n) is 8.46. The molecule has 26 heavy (non-hydrogen) atoms. The largest absolute Gasteiger partial charge is 0.456 e. The molecular weight excluding hydrogens is 326 g/mol. The van der Waals surface area contributed by atoms with Gasteiger partial charge in [0.1, 0.15) is 11.5 Å². The molecule has 0 aliphatic heterocycles. The van der Waals surface area contributed by atoms with E-state index in [1.165, 1.54) is 23.3 Å². The van der Waals surface area contributed by atoms with Gasteiger partial charge in [0.05, 0.1) is 4.92 Å². The molecule has 0 aliphatic rings. The first kappa shape index (κ1) is 17.7. The molecular formula is C22H21NO3. The van der Waals surface area contributed by atoms with Gasteiger partial charge >= 0.3 is 0 Å². The molecule has 0 fully saturated rings. The minimum atomic E-state index is -0.415. The van der Waals surface area contributed by atoms with Gasteiger partial charge < -0.3 is 4.74 Å². The zero-order valence-corrected chi connectivity index (χ0v) is 15.4. The van der Waals surface area contributed by atoms with Crippen LogP contribution in [0.4, 0.5) is 5.69 Å². The van der Waals surface area contributed by atoms with E-state index in [0.29, 0.717) is 5.75 Å². The summed E-state index contributed by atoms with van der Waals surface area (Å²) in [5.41, 5.74) is 6.75. The molecule has 0 radical (unpaired) electrons. The van der Waals surface area contributed by atoms with Crippen molar-refractivity contribution in [3.8, 4) is 22.6 Å². The lowest BCUT2D eigenvalue weighted by atomic mass is 9.96. The van der Waals surface area contributed by atoms with Gasteiger partial charge in [-0.25, -0.2) is 0 Å². The van der Waals surface area contributed by atoms with Gasteiger partial charge in [0.15, 0.2) is 0 Å². The lowest BCUT2D eigenvalue weighted by Gasteiger charge is -2.16. The molecule has 0 saturated heterocycles. The van der Waals surface area contributed by atoms with Gasteiger partial charge in [-0.1, -0.05) is 35.4 Å². The molecule has 0 atom stereocenters. The fourth-order valence-corrected chi connectivity index (χ4v) is 3.19. The summed E-state index contributed by atoms with van der Waals surface area (Å²) in [4.78, 5) is 10.4. The van der Waals surface area contributed by atoms with E-state index < -0.39 is 4.92 Å². The van der Waals surface area contributed by atoms with E-state index in [-0.39, 0.29) is 5.69 Å². The zero-order valence-electron chi connectivity index (χ0n) is 15.4. The Hall–Kier alpha value is -3.14. The van der Waals surface area contributed by atoms with Crippen LogP contribution in [-0.2, 0) is 0 Å². The highest BCUT2D eigenvalue weighted by Gasteiger charge is 2.13. The highest BCUT2D eigenvalue weighted by atomic mass is 16.6. The van der Waals surface area contributed by atoms with Crippen LogP contribution in [0.1, 0.15) is 22.3 Å². The van der Waals surface area contributed by atoms with E-state index in [1.807, 2.05) is 6.92 Å². The van der Waals surface area contributed by atoms with Gasteiger partial charge in [-0.15, -0.1) is 0 Å². The predicted octanol–water partition coefficient (Wildman–Crippen LogP) is 6.29. The molecule has 0 aromatic heterocycles. The molecule has 0 spiro atoms. The highest BCUT2D eigenvalue weighted by molar-refractivity contribution is 5.74. The Bertz CT molecular complexity index is 955. The van der Waals surface area contributed by atoms with E-state index in [2.05, 4.69) is 51.1 Å². The lowest BCUT2D eigenvalue weighted by Crippen LogP contribution is -1.94. The van der Waals surface area contributed by atoms with Gasteiger partial charge in [-0.2, -0.15) is 0 Å². The van der Waals surface area contributed by atoms with Gasteiger partial charge in [-0.05, 0) is 62.6 Å². The fraction of sp³-hybridized carbons (Fsp3) is 0.182. The zero-order chi connectivity index (χ0) is 18.8. The molecule has 0 N–H and O–H groups in total. The Morgan fingerprint density at radius 3 is 1.96 bits per heavy atom. The first-order chi connectivity index (χ1) is 12.3. The topological polar surface area (TPSA) is 52.4 Å². The second-order valence-corrected chi connectivity index (χ2v) is 6.69. The van der Waals surface area contributed by atoms with Crippen molar-refractivity contribution in [1.82, 2.24) is 0 Å². The van der Waals surface area contributed by atoms with Gasteiger partial charge in [0, 0.05) is 17.7 Å². The van der Waals surface area contributed by atoms with Crippen molar-refractivity contribution >= 4 is 5.69 Å². The second kappa shape index (κ2) is 7.00. The van der Waals surface area contributed by atoms with E-state index in [4.69, 9.17) is 4.74 Å². The summed E-state index contributed by atoms with van der Waals surface area (Å²) in [5.74, 6) is 1.35. The van der Waals surface area contributed by atoms with Gasteiger partial charge in [0.25, 0.3) is 5.69 Å². The maximum absolute atomic E-state index is 10.8. The normalized spacial score (nSPS) is 10.6. The van der Waals surface area contributed by atoms with Gasteiger partial charge in [0.2, 0.25) is 0 Å². The summed E-state index contributed by atoms with van der Waals surface area (Å²) in [6.07, 6.45) is 0. The number of aryl methyl sites for hydroxylation is 4. The van der Waals surface area contributed by atoms with Crippen molar-refractivity contribution in [2.24, 2.45) is 0 Å². The van der Waals surface area contributed by atoms with Crippen LogP contribution in [0.2, 0.25) is 0 Å². The van der Waals surface area contributed by atoms with Crippen LogP contribution in [0.5, 0.6) is 11.5 Å². The van der Waals surface area contributed by atoms with Crippen LogP contribution in [0.3, 0.4) is 0 Å². The number of benzene rings is 3. The third kappa shape index (κ3) is 3.75. The second-order valence-electron chi connectivity index (χ2n) is 6.69. The molecule has 4 heteroatoms. The average Bonchev–Trinajstić information content (AvgIpc) is 2.56. The van der Waals surface area contributed by atoms with Crippen LogP contribution in [-0.4, -0.2) is 4.92 Å². The van der Waals surface area contributed by atoms with Crippen molar-refractivity contribution in [2.75, 3.05) is 0 Å². The average molecular weight is 347 g/mol. The number of rotatable bonds is 4. The highest BCUT2D eigenvalue weighted by Crippen LogP contribution is 2.38.